The van der Waals surface area contributed by atoms with Gasteiger partial charge in [-0.3, -0.25) is 14.9 Å². The molecule has 0 aliphatic heterocycles. The van der Waals surface area contributed by atoms with Crippen molar-refractivity contribution >= 4 is 22.6 Å². The molecule has 0 saturated carbocycles. The average Bonchev–Trinajstić information content (AvgIpc) is 2.96. The van der Waals surface area contributed by atoms with Gasteiger partial charge in [0, 0.05) is 35.2 Å². The summed E-state index contributed by atoms with van der Waals surface area (Å²) < 4.78 is 0. The van der Waals surface area contributed by atoms with Crippen LogP contribution < -0.4 is 0 Å². The molecular weight excluding hydrogens is 296 g/mol. The van der Waals surface area contributed by atoms with Crippen LogP contribution in [-0.4, -0.2) is 21.0 Å². The number of carbonyl (C=O) groups is 1. The van der Waals surface area contributed by atoms with E-state index in [1.54, 1.807) is 18.3 Å². The highest BCUT2D eigenvalue weighted by atomic mass is 16.6. The number of carboxylic acids is 1. The Morgan fingerprint density at radius 1 is 1.22 bits per heavy atom. The summed E-state index contributed by atoms with van der Waals surface area (Å²) in [4.78, 5) is 24.9. The van der Waals surface area contributed by atoms with Crippen molar-refractivity contribution in [2.24, 2.45) is 0 Å². The van der Waals surface area contributed by atoms with Crippen molar-refractivity contribution in [2.75, 3.05) is 0 Å². The maximum atomic E-state index is 11.3. The normalized spacial score (nSPS) is 12.2. The Kier molecular flexibility index (Phi) is 3.80. The molecule has 2 N–H and O–H groups in total. The number of para-hydroxylation sites is 1. The fourth-order valence-corrected chi connectivity index (χ4v) is 2.82. The summed E-state index contributed by atoms with van der Waals surface area (Å²) in [6.45, 7) is 0. The molecule has 0 amide bonds. The number of nitro groups is 1. The zero-order valence-electron chi connectivity index (χ0n) is 12.1. The molecule has 0 bridgehead atoms. The van der Waals surface area contributed by atoms with Crippen molar-refractivity contribution in [1.82, 2.24) is 4.98 Å². The third-order valence-electron chi connectivity index (χ3n) is 3.86. The van der Waals surface area contributed by atoms with E-state index in [1.165, 1.54) is 12.1 Å². The SMILES string of the molecule is O=C(O)C[C@@H](c1cccc([N+](=O)[O-])c1)c1c[nH]c2ccccc12. The largest absolute Gasteiger partial charge is 0.481 e. The van der Waals surface area contributed by atoms with Gasteiger partial charge in [-0.2, -0.15) is 0 Å². The van der Waals surface area contributed by atoms with E-state index < -0.39 is 16.8 Å². The van der Waals surface area contributed by atoms with Gasteiger partial charge in [0.25, 0.3) is 5.69 Å². The first-order valence-corrected chi connectivity index (χ1v) is 7.08. The van der Waals surface area contributed by atoms with Gasteiger partial charge >= 0.3 is 5.97 Å². The third-order valence-corrected chi connectivity index (χ3v) is 3.86. The van der Waals surface area contributed by atoms with Crippen LogP contribution in [0, 0.1) is 10.1 Å². The summed E-state index contributed by atoms with van der Waals surface area (Å²) in [6.07, 6.45) is 1.64. The minimum Gasteiger partial charge on any atom is -0.481 e. The molecule has 3 rings (SSSR count). The first kappa shape index (κ1) is 14.8. The van der Waals surface area contributed by atoms with Crippen LogP contribution in [0.5, 0.6) is 0 Å². The fraction of sp³-hybridized carbons (Fsp3) is 0.118. The van der Waals surface area contributed by atoms with Crippen molar-refractivity contribution in [2.45, 2.75) is 12.3 Å². The summed E-state index contributed by atoms with van der Waals surface area (Å²) in [6, 6.07) is 13.7. The zero-order valence-corrected chi connectivity index (χ0v) is 12.1. The number of hydrogen-bond acceptors (Lipinski definition) is 3. The van der Waals surface area contributed by atoms with Crippen LogP contribution in [0.3, 0.4) is 0 Å². The van der Waals surface area contributed by atoms with Gasteiger partial charge in [-0.15, -0.1) is 0 Å². The lowest BCUT2D eigenvalue weighted by Crippen LogP contribution is -2.08. The molecule has 0 fully saturated rings. The number of carboxylic acid groups (broad SMARTS) is 1. The monoisotopic (exact) mass is 310 g/mol. The summed E-state index contributed by atoms with van der Waals surface area (Å²) in [7, 11) is 0. The van der Waals surface area contributed by atoms with Crippen LogP contribution >= 0.6 is 0 Å². The van der Waals surface area contributed by atoms with Crippen molar-refractivity contribution in [3.8, 4) is 0 Å². The molecule has 0 spiro atoms. The lowest BCUT2D eigenvalue weighted by Gasteiger charge is -2.15. The van der Waals surface area contributed by atoms with Crippen molar-refractivity contribution in [3.05, 3.63) is 76.0 Å². The van der Waals surface area contributed by atoms with E-state index in [9.17, 15) is 20.0 Å². The number of nitrogens with zero attached hydrogens (tertiary/aromatic N) is 1. The minimum absolute atomic E-state index is 0.0438. The van der Waals surface area contributed by atoms with E-state index >= 15 is 0 Å². The van der Waals surface area contributed by atoms with E-state index in [4.69, 9.17) is 0 Å². The molecule has 1 aromatic heterocycles. The second-order valence-corrected chi connectivity index (χ2v) is 5.29. The van der Waals surface area contributed by atoms with Gasteiger partial charge in [-0.1, -0.05) is 30.3 Å². The lowest BCUT2D eigenvalue weighted by molar-refractivity contribution is -0.384. The van der Waals surface area contributed by atoms with Crippen LogP contribution in [0.2, 0.25) is 0 Å². The molecule has 0 unspecified atom stereocenters. The third kappa shape index (κ3) is 2.91. The van der Waals surface area contributed by atoms with Crippen LogP contribution in [0.1, 0.15) is 23.5 Å². The van der Waals surface area contributed by atoms with Gasteiger partial charge in [0.2, 0.25) is 0 Å². The Morgan fingerprint density at radius 2 is 2.00 bits per heavy atom. The Balaban J connectivity index is 2.13. The average molecular weight is 310 g/mol. The minimum atomic E-state index is -0.952. The highest BCUT2D eigenvalue weighted by Crippen LogP contribution is 2.34. The highest BCUT2D eigenvalue weighted by Gasteiger charge is 2.22. The second kappa shape index (κ2) is 5.92. The molecule has 2 aromatic carbocycles. The molecule has 0 aliphatic rings. The van der Waals surface area contributed by atoms with Gasteiger partial charge in [-0.05, 0) is 17.2 Å². The number of rotatable bonds is 5. The van der Waals surface area contributed by atoms with Gasteiger partial charge in [0.1, 0.15) is 0 Å². The molecular formula is C17H14N2O4. The predicted octanol–water partition coefficient (Wildman–Crippen LogP) is 3.68. The van der Waals surface area contributed by atoms with Crippen molar-refractivity contribution < 1.29 is 14.8 Å². The molecule has 3 aromatic rings. The molecule has 0 saturated heterocycles. The maximum absolute atomic E-state index is 11.3. The quantitative estimate of drug-likeness (QED) is 0.555. The van der Waals surface area contributed by atoms with Gasteiger partial charge in [0.05, 0.1) is 11.3 Å². The lowest BCUT2D eigenvalue weighted by atomic mass is 9.88. The Labute approximate surface area is 131 Å². The van der Waals surface area contributed by atoms with Crippen LogP contribution in [0.25, 0.3) is 10.9 Å². The number of aromatic nitrogens is 1. The molecule has 6 nitrogen and oxygen atoms in total. The summed E-state index contributed by atoms with van der Waals surface area (Å²) in [5, 5.41) is 21.2. The molecule has 1 atom stereocenters. The first-order chi connectivity index (χ1) is 11.1. The number of non-ortho nitro benzene ring substituents is 1. The van der Waals surface area contributed by atoms with Crippen molar-refractivity contribution in [1.29, 1.82) is 0 Å². The number of nitro benzene ring substituents is 1. The molecule has 6 heteroatoms. The molecule has 0 aliphatic carbocycles. The first-order valence-electron chi connectivity index (χ1n) is 7.08. The number of aliphatic carboxylic acids is 1. The maximum Gasteiger partial charge on any atom is 0.304 e. The summed E-state index contributed by atoms with van der Waals surface area (Å²) in [5.74, 6) is -1.41. The summed E-state index contributed by atoms with van der Waals surface area (Å²) in [5.41, 5.74) is 2.30. The second-order valence-electron chi connectivity index (χ2n) is 5.29. The topological polar surface area (TPSA) is 96.2 Å². The predicted molar refractivity (Wildman–Crippen MR) is 85.5 cm³/mol. The van der Waals surface area contributed by atoms with Crippen molar-refractivity contribution in [3.63, 3.8) is 0 Å². The van der Waals surface area contributed by atoms with E-state index in [1.807, 2.05) is 24.3 Å². The molecule has 1 heterocycles. The number of hydrogen-bond donors (Lipinski definition) is 2. The number of benzene rings is 2. The van der Waals surface area contributed by atoms with E-state index in [2.05, 4.69) is 4.98 Å². The molecule has 0 radical (unpaired) electrons. The van der Waals surface area contributed by atoms with Gasteiger partial charge in [0.15, 0.2) is 0 Å². The Bertz CT molecular complexity index is 885. The highest BCUT2D eigenvalue weighted by molar-refractivity contribution is 5.85. The van der Waals surface area contributed by atoms with Gasteiger partial charge in [-0.25, -0.2) is 0 Å². The van der Waals surface area contributed by atoms with Crippen LogP contribution in [0.4, 0.5) is 5.69 Å². The standard InChI is InChI=1S/C17H14N2O4/c20-17(21)9-14(11-4-3-5-12(8-11)19(22)23)15-10-18-16-7-2-1-6-13(15)16/h1-8,10,14,18H,9H2,(H,20,21)/t14-/m0/s1. The molecule has 23 heavy (non-hydrogen) atoms. The number of fused-ring (bicyclic) bond motifs is 1. The smallest absolute Gasteiger partial charge is 0.304 e. The van der Waals surface area contributed by atoms with Crippen LogP contribution in [0.15, 0.2) is 54.7 Å². The summed E-state index contributed by atoms with van der Waals surface area (Å²) >= 11 is 0. The van der Waals surface area contributed by atoms with E-state index in [-0.39, 0.29) is 12.1 Å². The number of H-pyrrole nitrogens is 1. The fourth-order valence-electron chi connectivity index (χ4n) is 2.82. The number of aromatic amines is 1. The van der Waals surface area contributed by atoms with Gasteiger partial charge < -0.3 is 10.1 Å². The number of nitrogens with one attached hydrogen (secondary N) is 1. The Morgan fingerprint density at radius 3 is 2.74 bits per heavy atom. The van der Waals surface area contributed by atoms with E-state index in [0.717, 1.165) is 16.5 Å². The van der Waals surface area contributed by atoms with Crippen LogP contribution in [-0.2, 0) is 4.79 Å². The van der Waals surface area contributed by atoms with E-state index in [0.29, 0.717) is 5.56 Å². The zero-order chi connectivity index (χ0) is 16.4. The molecule has 116 valence electrons. The Hall–Kier alpha value is -3.15.